The third-order valence-electron chi connectivity index (χ3n) is 7.19. The van der Waals surface area contributed by atoms with Crippen LogP contribution in [0.3, 0.4) is 0 Å². The number of halogens is 1. The van der Waals surface area contributed by atoms with Gasteiger partial charge < -0.3 is 9.72 Å². The van der Waals surface area contributed by atoms with Gasteiger partial charge >= 0.3 is 0 Å². The molecule has 7 rings (SSSR count). The fraction of sp³-hybridized carbons (Fsp3) is 0.200. The number of rotatable bonds is 7. The molecule has 8 nitrogen and oxygen atoms in total. The van der Waals surface area contributed by atoms with Crippen LogP contribution in [0.4, 0.5) is 4.39 Å². The number of fused-ring (bicyclic) bond motifs is 2. The van der Waals surface area contributed by atoms with Crippen LogP contribution in [0.25, 0.3) is 55.8 Å². The van der Waals surface area contributed by atoms with E-state index in [-0.39, 0.29) is 5.82 Å². The topological polar surface area (TPSA) is 95.6 Å². The van der Waals surface area contributed by atoms with Crippen molar-refractivity contribution < 1.29 is 9.13 Å². The highest BCUT2D eigenvalue weighted by Crippen LogP contribution is 2.35. The highest BCUT2D eigenvalue weighted by Gasteiger charge is 2.17. The molecule has 1 aromatic carbocycles. The van der Waals surface area contributed by atoms with E-state index in [0.717, 1.165) is 64.2 Å². The predicted molar refractivity (Wildman–Crippen MR) is 149 cm³/mol. The minimum Gasteiger partial charge on any atom is -0.492 e. The van der Waals surface area contributed by atoms with Gasteiger partial charge in [0.1, 0.15) is 29.4 Å². The van der Waals surface area contributed by atoms with Crippen LogP contribution in [0, 0.1) is 5.82 Å². The van der Waals surface area contributed by atoms with E-state index in [2.05, 4.69) is 30.0 Å². The number of H-pyrrole nitrogens is 2. The van der Waals surface area contributed by atoms with Crippen molar-refractivity contribution >= 4 is 21.9 Å². The van der Waals surface area contributed by atoms with E-state index >= 15 is 0 Å². The number of ether oxygens (including phenoxy) is 1. The molecule has 0 bridgehead atoms. The number of hydrogen-bond acceptors (Lipinski definition) is 6. The number of nitrogens with one attached hydrogen (secondary N) is 2. The van der Waals surface area contributed by atoms with E-state index in [1.807, 2.05) is 42.5 Å². The van der Waals surface area contributed by atoms with Crippen molar-refractivity contribution in [2.75, 3.05) is 26.2 Å². The fourth-order valence-corrected chi connectivity index (χ4v) is 5.25. The SMILES string of the molecule is Fc1cc(OCCN2CCCC2)cc(-c2cncc3[nH]c(-c4n[nH]c5ccc(-c6ccccn6)nc45)cc23)c1. The van der Waals surface area contributed by atoms with E-state index in [1.54, 1.807) is 18.6 Å². The van der Waals surface area contributed by atoms with Crippen LogP contribution in [0.5, 0.6) is 5.75 Å². The molecule has 1 fully saturated rings. The predicted octanol–water partition coefficient (Wildman–Crippen LogP) is 5.84. The number of aromatic nitrogens is 6. The summed E-state index contributed by atoms with van der Waals surface area (Å²) < 4.78 is 20.6. The average molecular weight is 520 g/mol. The summed E-state index contributed by atoms with van der Waals surface area (Å²) in [6, 6.07) is 16.5. The molecule has 0 radical (unpaired) electrons. The first-order valence-electron chi connectivity index (χ1n) is 13.1. The summed E-state index contributed by atoms with van der Waals surface area (Å²) in [4.78, 5) is 19.5. The summed E-state index contributed by atoms with van der Waals surface area (Å²) in [6.07, 6.45) is 7.73. The van der Waals surface area contributed by atoms with E-state index in [9.17, 15) is 4.39 Å². The summed E-state index contributed by atoms with van der Waals surface area (Å²) in [6.45, 7) is 3.58. The van der Waals surface area contributed by atoms with Crippen LogP contribution in [-0.4, -0.2) is 61.3 Å². The lowest BCUT2D eigenvalue weighted by Gasteiger charge is -2.15. The normalized spacial score (nSPS) is 14.0. The monoisotopic (exact) mass is 519 g/mol. The van der Waals surface area contributed by atoms with Crippen molar-refractivity contribution in [3.8, 4) is 39.7 Å². The van der Waals surface area contributed by atoms with E-state index in [4.69, 9.17) is 9.72 Å². The van der Waals surface area contributed by atoms with Crippen LogP contribution in [-0.2, 0) is 0 Å². The van der Waals surface area contributed by atoms with Gasteiger partial charge in [0.05, 0.1) is 34.3 Å². The molecular formula is C30H26FN7O. The first-order valence-corrected chi connectivity index (χ1v) is 13.1. The Balaban J connectivity index is 1.23. The van der Waals surface area contributed by atoms with Gasteiger partial charge in [0.2, 0.25) is 0 Å². The smallest absolute Gasteiger partial charge is 0.135 e. The third-order valence-corrected chi connectivity index (χ3v) is 7.19. The van der Waals surface area contributed by atoms with Crippen molar-refractivity contribution in [3.05, 3.63) is 79.0 Å². The zero-order valence-corrected chi connectivity index (χ0v) is 21.2. The van der Waals surface area contributed by atoms with Gasteiger partial charge in [0.15, 0.2) is 0 Å². The maximum Gasteiger partial charge on any atom is 0.135 e. The molecule has 39 heavy (non-hydrogen) atoms. The summed E-state index contributed by atoms with van der Waals surface area (Å²) in [5.74, 6) is 0.169. The summed E-state index contributed by atoms with van der Waals surface area (Å²) in [5.41, 5.74) is 6.92. The Morgan fingerprint density at radius 1 is 0.949 bits per heavy atom. The van der Waals surface area contributed by atoms with Crippen molar-refractivity contribution in [1.82, 2.24) is 35.0 Å². The maximum atomic E-state index is 14.7. The Morgan fingerprint density at radius 2 is 1.87 bits per heavy atom. The molecular weight excluding hydrogens is 493 g/mol. The minimum atomic E-state index is -0.346. The zero-order valence-electron chi connectivity index (χ0n) is 21.2. The first kappa shape index (κ1) is 23.5. The van der Waals surface area contributed by atoms with Crippen molar-refractivity contribution in [2.24, 2.45) is 0 Å². The lowest BCUT2D eigenvalue weighted by Crippen LogP contribution is -2.25. The quantitative estimate of drug-likeness (QED) is 0.275. The van der Waals surface area contributed by atoms with Crippen molar-refractivity contribution in [2.45, 2.75) is 12.8 Å². The van der Waals surface area contributed by atoms with Gasteiger partial charge in [0, 0.05) is 36.0 Å². The number of benzene rings is 1. The number of likely N-dealkylation sites (tertiary alicyclic amines) is 1. The largest absolute Gasteiger partial charge is 0.492 e. The highest BCUT2D eigenvalue weighted by atomic mass is 19.1. The lowest BCUT2D eigenvalue weighted by molar-refractivity contribution is 0.237. The molecule has 194 valence electrons. The molecule has 0 amide bonds. The number of hydrogen-bond donors (Lipinski definition) is 2. The van der Waals surface area contributed by atoms with Crippen LogP contribution >= 0.6 is 0 Å². The first-order chi connectivity index (χ1) is 19.2. The molecule has 9 heteroatoms. The number of nitrogens with zero attached hydrogens (tertiary/aromatic N) is 5. The van der Waals surface area contributed by atoms with Crippen LogP contribution in [0.1, 0.15) is 12.8 Å². The average Bonchev–Trinajstić information content (AvgIpc) is 3.72. The molecule has 6 aromatic rings. The second-order valence-corrected chi connectivity index (χ2v) is 9.78. The molecule has 6 heterocycles. The van der Waals surface area contributed by atoms with E-state index in [0.29, 0.717) is 23.6 Å². The molecule has 1 saturated heterocycles. The van der Waals surface area contributed by atoms with Gasteiger partial charge in [-0.05, 0) is 74.0 Å². The van der Waals surface area contributed by atoms with Gasteiger partial charge in [-0.25, -0.2) is 9.37 Å². The molecule has 0 aliphatic carbocycles. The molecule has 5 aromatic heterocycles. The van der Waals surface area contributed by atoms with Crippen molar-refractivity contribution in [1.29, 1.82) is 0 Å². The molecule has 0 unspecified atom stereocenters. The lowest BCUT2D eigenvalue weighted by atomic mass is 10.0. The Hall–Kier alpha value is -4.63. The van der Waals surface area contributed by atoms with Gasteiger partial charge in [-0.3, -0.25) is 20.0 Å². The Labute approximate surface area is 223 Å². The van der Waals surface area contributed by atoms with Gasteiger partial charge in [-0.2, -0.15) is 5.10 Å². The molecule has 1 aliphatic rings. The van der Waals surface area contributed by atoms with E-state index < -0.39 is 0 Å². The van der Waals surface area contributed by atoms with Crippen LogP contribution < -0.4 is 4.74 Å². The molecule has 0 atom stereocenters. The Morgan fingerprint density at radius 3 is 2.74 bits per heavy atom. The highest BCUT2D eigenvalue weighted by molar-refractivity contribution is 6.00. The van der Waals surface area contributed by atoms with Gasteiger partial charge in [-0.15, -0.1) is 0 Å². The molecule has 1 aliphatic heterocycles. The third kappa shape index (κ3) is 4.61. The number of pyridine rings is 3. The van der Waals surface area contributed by atoms with Crippen molar-refractivity contribution in [3.63, 3.8) is 0 Å². The second kappa shape index (κ2) is 9.92. The summed E-state index contributed by atoms with van der Waals surface area (Å²) >= 11 is 0. The molecule has 2 N–H and O–H groups in total. The van der Waals surface area contributed by atoms with Crippen LogP contribution in [0.15, 0.2) is 73.2 Å². The zero-order chi connectivity index (χ0) is 26.2. The van der Waals surface area contributed by atoms with Gasteiger partial charge in [0.25, 0.3) is 0 Å². The molecule has 0 saturated carbocycles. The Bertz CT molecular complexity index is 1770. The summed E-state index contributed by atoms with van der Waals surface area (Å²) in [5, 5.41) is 8.53. The Kier molecular flexibility index (Phi) is 5.97. The minimum absolute atomic E-state index is 0.346. The number of aromatic amines is 2. The fourth-order valence-electron chi connectivity index (χ4n) is 5.25. The van der Waals surface area contributed by atoms with Crippen LogP contribution in [0.2, 0.25) is 0 Å². The van der Waals surface area contributed by atoms with Gasteiger partial charge in [-0.1, -0.05) is 6.07 Å². The molecule has 0 spiro atoms. The maximum absolute atomic E-state index is 14.7. The summed E-state index contributed by atoms with van der Waals surface area (Å²) in [7, 11) is 0. The van der Waals surface area contributed by atoms with E-state index in [1.165, 1.54) is 25.0 Å². The second-order valence-electron chi connectivity index (χ2n) is 9.78. The standard InChI is InChI=1S/C30H26FN7O/c31-20-13-19(14-21(15-20)39-12-11-38-9-3-4-10-38)23-17-32-18-28-22(23)16-27(34-28)30-29-26(36-37-30)7-6-25(35-29)24-5-1-2-8-33-24/h1-2,5-8,13-18,34H,3-4,9-12H2,(H,36,37).